The van der Waals surface area contributed by atoms with Crippen molar-refractivity contribution in [2.45, 2.75) is 13.1 Å². The van der Waals surface area contributed by atoms with Gasteiger partial charge in [0.25, 0.3) is 5.91 Å². The summed E-state index contributed by atoms with van der Waals surface area (Å²) in [5, 5.41) is 9.81. The fourth-order valence-electron chi connectivity index (χ4n) is 1.62. The average Bonchev–Trinajstić information content (AvgIpc) is 2.85. The summed E-state index contributed by atoms with van der Waals surface area (Å²) in [4.78, 5) is 11.6. The van der Waals surface area contributed by atoms with E-state index in [4.69, 9.17) is 0 Å². The Morgan fingerprint density at radius 1 is 1.38 bits per heavy atom. The number of benzene rings is 1. The van der Waals surface area contributed by atoms with Gasteiger partial charge in [0, 0.05) is 11.3 Å². The van der Waals surface area contributed by atoms with Crippen molar-refractivity contribution in [1.82, 2.24) is 15.6 Å². The largest absolute Gasteiger partial charge is 0.417 e. The highest BCUT2D eigenvalue weighted by molar-refractivity contribution is 5.93. The van der Waals surface area contributed by atoms with Crippen molar-refractivity contribution in [2.24, 2.45) is 5.10 Å². The van der Waals surface area contributed by atoms with Crippen LogP contribution in [0.1, 0.15) is 27.3 Å². The second-order valence-corrected chi connectivity index (χ2v) is 4.22. The summed E-state index contributed by atoms with van der Waals surface area (Å²) in [6.07, 6.45) is -3.54. The Hall–Kier alpha value is -2.64. The summed E-state index contributed by atoms with van der Waals surface area (Å²) >= 11 is 0. The molecule has 110 valence electrons. The van der Waals surface area contributed by atoms with E-state index in [0.717, 1.165) is 12.3 Å². The quantitative estimate of drug-likeness (QED) is 0.675. The minimum Gasteiger partial charge on any atom is -0.282 e. The molecule has 0 unspecified atom stereocenters. The lowest BCUT2D eigenvalue weighted by molar-refractivity contribution is -0.137. The first-order chi connectivity index (χ1) is 9.88. The van der Waals surface area contributed by atoms with E-state index in [9.17, 15) is 18.0 Å². The van der Waals surface area contributed by atoms with E-state index in [2.05, 4.69) is 20.7 Å². The first-order valence-corrected chi connectivity index (χ1v) is 5.89. The number of aryl methyl sites for hydroxylation is 1. The number of nitrogens with zero attached hydrogens (tertiary/aromatic N) is 2. The minimum atomic E-state index is -4.48. The number of carbonyl (C=O) groups is 1. The third-order valence-corrected chi connectivity index (χ3v) is 2.57. The van der Waals surface area contributed by atoms with Gasteiger partial charge in [-0.25, -0.2) is 5.43 Å². The van der Waals surface area contributed by atoms with Gasteiger partial charge in [0.1, 0.15) is 0 Å². The molecule has 0 bridgehead atoms. The lowest BCUT2D eigenvalue weighted by atomic mass is 10.1. The fraction of sp³-hybridized carbons (Fsp3) is 0.154. The highest BCUT2D eigenvalue weighted by Crippen LogP contribution is 2.30. The Labute approximate surface area is 117 Å². The monoisotopic (exact) mass is 296 g/mol. The van der Waals surface area contributed by atoms with Gasteiger partial charge >= 0.3 is 6.18 Å². The van der Waals surface area contributed by atoms with E-state index in [1.807, 2.05) is 0 Å². The lowest BCUT2D eigenvalue weighted by Crippen LogP contribution is -2.18. The maximum Gasteiger partial charge on any atom is 0.417 e. The second-order valence-electron chi connectivity index (χ2n) is 4.22. The maximum absolute atomic E-state index is 12.7. The van der Waals surface area contributed by atoms with Crippen molar-refractivity contribution in [3.8, 4) is 0 Å². The van der Waals surface area contributed by atoms with Crippen LogP contribution < -0.4 is 5.43 Å². The van der Waals surface area contributed by atoms with Crippen LogP contribution in [0.4, 0.5) is 13.2 Å². The van der Waals surface area contributed by atoms with Crippen LogP contribution in [0.3, 0.4) is 0 Å². The van der Waals surface area contributed by atoms with Crippen LogP contribution >= 0.6 is 0 Å². The number of rotatable bonds is 3. The van der Waals surface area contributed by atoms with Gasteiger partial charge in [0.05, 0.1) is 11.8 Å². The molecule has 0 radical (unpaired) electrons. The number of aromatic amines is 1. The standard InChI is InChI=1S/C13H11F3N4O/c1-8-6-11(19-18-8)12(21)20-17-7-9-4-2-3-5-10(9)13(14,15)16/h2-7H,1H3,(H,18,19)(H,20,21)/b17-7-. The summed E-state index contributed by atoms with van der Waals surface area (Å²) in [7, 11) is 0. The Morgan fingerprint density at radius 2 is 2.10 bits per heavy atom. The molecule has 0 aliphatic heterocycles. The van der Waals surface area contributed by atoms with E-state index in [1.165, 1.54) is 24.3 Å². The fourth-order valence-corrected chi connectivity index (χ4v) is 1.62. The van der Waals surface area contributed by atoms with Gasteiger partial charge in [-0.05, 0) is 19.1 Å². The molecule has 1 heterocycles. The van der Waals surface area contributed by atoms with E-state index in [1.54, 1.807) is 6.92 Å². The molecular weight excluding hydrogens is 285 g/mol. The third kappa shape index (κ3) is 3.68. The Morgan fingerprint density at radius 3 is 2.71 bits per heavy atom. The van der Waals surface area contributed by atoms with Gasteiger partial charge in [-0.2, -0.15) is 23.4 Å². The van der Waals surface area contributed by atoms with Crippen molar-refractivity contribution in [3.63, 3.8) is 0 Å². The number of nitrogens with one attached hydrogen (secondary N) is 2. The van der Waals surface area contributed by atoms with E-state index < -0.39 is 17.6 Å². The van der Waals surface area contributed by atoms with Gasteiger partial charge in [-0.3, -0.25) is 9.89 Å². The highest BCUT2D eigenvalue weighted by atomic mass is 19.4. The first kappa shape index (κ1) is 14.8. The van der Waals surface area contributed by atoms with Crippen LogP contribution in [-0.2, 0) is 6.18 Å². The Balaban J connectivity index is 2.10. The average molecular weight is 296 g/mol. The van der Waals surface area contributed by atoms with Crippen LogP contribution in [0.5, 0.6) is 0 Å². The molecule has 2 aromatic rings. The zero-order valence-electron chi connectivity index (χ0n) is 10.9. The van der Waals surface area contributed by atoms with Crippen molar-refractivity contribution in [3.05, 3.63) is 52.8 Å². The second kappa shape index (κ2) is 5.78. The van der Waals surface area contributed by atoms with Crippen molar-refractivity contribution >= 4 is 12.1 Å². The summed E-state index contributed by atoms with van der Waals surface area (Å²) in [6, 6.07) is 6.44. The molecule has 2 rings (SSSR count). The molecule has 1 aromatic carbocycles. The Kier molecular flexibility index (Phi) is 4.06. The number of hydrogen-bond donors (Lipinski definition) is 2. The summed E-state index contributed by atoms with van der Waals surface area (Å²) in [5.41, 5.74) is 1.96. The van der Waals surface area contributed by atoms with Gasteiger partial charge in [-0.15, -0.1) is 0 Å². The zero-order valence-corrected chi connectivity index (χ0v) is 10.9. The number of hydrazone groups is 1. The smallest absolute Gasteiger partial charge is 0.282 e. The molecule has 5 nitrogen and oxygen atoms in total. The molecule has 0 atom stereocenters. The first-order valence-electron chi connectivity index (χ1n) is 5.89. The van der Waals surface area contributed by atoms with Crippen molar-refractivity contribution in [1.29, 1.82) is 0 Å². The number of halogens is 3. The van der Waals surface area contributed by atoms with Gasteiger partial charge in [-0.1, -0.05) is 18.2 Å². The van der Waals surface area contributed by atoms with Gasteiger partial charge in [0.2, 0.25) is 0 Å². The van der Waals surface area contributed by atoms with E-state index in [-0.39, 0.29) is 11.3 Å². The predicted molar refractivity (Wildman–Crippen MR) is 69.8 cm³/mol. The number of amides is 1. The minimum absolute atomic E-state index is 0.105. The number of alkyl halides is 3. The molecule has 0 saturated carbocycles. The molecule has 0 saturated heterocycles. The summed E-state index contributed by atoms with van der Waals surface area (Å²) < 4.78 is 38.2. The van der Waals surface area contributed by atoms with Crippen molar-refractivity contribution < 1.29 is 18.0 Å². The summed E-state index contributed by atoms with van der Waals surface area (Å²) in [6.45, 7) is 1.71. The molecule has 0 aliphatic rings. The molecule has 1 aromatic heterocycles. The van der Waals surface area contributed by atoms with Crippen molar-refractivity contribution in [2.75, 3.05) is 0 Å². The SMILES string of the molecule is Cc1cc(C(=O)N/N=C\c2ccccc2C(F)(F)F)n[nH]1. The molecule has 8 heteroatoms. The molecule has 0 fully saturated rings. The number of H-pyrrole nitrogens is 1. The molecule has 0 aliphatic carbocycles. The molecular formula is C13H11F3N4O. The molecule has 0 spiro atoms. The number of carbonyl (C=O) groups excluding carboxylic acids is 1. The maximum atomic E-state index is 12.7. The number of hydrogen-bond acceptors (Lipinski definition) is 3. The van der Waals surface area contributed by atoms with Gasteiger partial charge < -0.3 is 0 Å². The lowest BCUT2D eigenvalue weighted by Gasteiger charge is -2.08. The van der Waals surface area contributed by atoms with Gasteiger partial charge in [0.15, 0.2) is 5.69 Å². The Bertz CT molecular complexity index is 676. The molecule has 2 N–H and O–H groups in total. The van der Waals surface area contributed by atoms with Crippen LogP contribution in [0, 0.1) is 6.92 Å². The predicted octanol–water partition coefficient (Wildman–Crippen LogP) is 2.50. The van der Waals surface area contributed by atoms with Crippen LogP contribution in [0.15, 0.2) is 35.4 Å². The highest BCUT2D eigenvalue weighted by Gasteiger charge is 2.32. The molecule has 21 heavy (non-hydrogen) atoms. The van der Waals surface area contributed by atoms with E-state index >= 15 is 0 Å². The van der Waals surface area contributed by atoms with Crippen LogP contribution in [-0.4, -0.2) is 22.3 Å². The number of aromatic nitrogens is 2. The summed E-state index contributed by atoms with van der Waals surface area (Å²) in [5.74, 6) is -0.611. The molecule has 1 amide bonds. The van der Waals surface area contributed by atoms with Crippen LogP contribution in [0.25, 0.3) is 0 Å². The topological polar surface area (TPSA) is 70.1 Å². The van der Waals surface area contributed by atoms with E-state index in [0.29, 0.717) is 5.69 Å². The zero-order chi connectivity index (χ0) is 15.5. The van der Waals surface area contributed by atoms with Crippen LogP contribution in [0.2, 0.25) is 0 Å². The third-order valence-electron chi connectivity index (χ3n) is 2.57. The normalized spacial score (nSPS) is 11.8.